The van der Waals surface area contributed by atoms with Gasteiger partial charge < -0.3 is 45.9 Å². The average molecular weight is 604 g/mol. The van der Waals surface area contributed by atoms with Crippen LogP contribution in [0.1, 0.15) is 93.9 Å². The first kappa shape index (κ1) is 40.2. The Balaban J connectivity index is 4.86. The van der Waals surface area contributed by atoms with Gasteiger partial charge in [0.25, 0.3) is 0 Å². The zero-order chi connectivity index (χ0) is 32.5. The van der Waals surface area contributed by atoms with Gasteiger partial charge in [-0.05, 0) is 108 Å². The van der Waals surface area contributed by atoms with Gasteiger partial charge in [-0.2, -0.15) is 0 Å². The van der Waals surface area contributed by atoms with Crippen LogP contribution in [0, 0.1) is 0 Å². The molecule has 0 bridgehead atoms. The van der Waals surface area contributed by atoms with Gasteiger partial charge in [-0.25, -0.2) is 0 Å². The number of ether oxygens (including phenoxy) is 4. The molecule has 0 aliphatic rings. The molecule has 0 aliphatic heterocycles. The Bertz CT molecular complexity index is 797. The average Bonchev–Trinajstić information content (AvgIpc) is 2.85. The molecule has 0 saturated carbocycles. The second-order valence-corrected chi connectivity index (χ2v) is 13.2. The minimum atomic E-state index is -0.785. The topological polar surface area (TPSA) is 162 Å². The van der Waals surface area contributed by atoms with Gasteiger partial charge in [-0.1, -0.05) is 0 Å². The standard InChI is InChI=1S/C30H61N5O7/c1-27(2,14-19-41-30(7,8)31)35-24(36)21-33-26(38)23(13-11-12-17-32-9)34-25(37)22-42-29(5,6)16-20-40-28(3,4)15-18-39-10/h23,32H,11-22,31H2,1-10H3,(H,33,38)(H,34,37)(H,35,36). The van der Waals surface area contributed by atoms with Crippen LogP contribution in [0.25, 0.3) is 0 Å². The van der Waals surface area contributed by atoms with Crippen LogP contribution < -0.4 is 27.0 Å². The summed E-state index contributed by atoms with van der Waals surface area (Å²) in [6.07, 6.45) is 3.91. The summed E-state index contributed by atoms with van der Waals surface area (Å²) in [7, 11) is 3.52. The third-order valence-corrected chi connectivity index (χ3v) is 6.62. The summed E-state index contributed by atoms with van der Waals surface area (Å²) in [5, 5.41) is 11.4. The molecule has 6 N–H and O–H groups in total. The molecule has 12 heteroatoms. The third kappa shape index (κ3) is 21.8. The molecule has 0 radical (unpaired) electrons. The van der Waals surface area contributed by atoms with Crippen molar-refractivity contribution in [3.63, 3.8) is 0 Å². The zero-order valence-electron chi connectivity index (χ0n) is 28.0. The molecule has 1 unspecified atom stereocenters. The van der Waals surface area contributed by atoms with E-state index in [1.807, 2.05) is 48.6 Å². The fourth-order valence-electron chi connectivity index (χ4n) is 3.83. The molecule has 0 heterocycles. The number of nitrogens with two attached hydrogens (primary N) is 1. The van der Waals surface area contributed by atoms with E-state index in [9.17, 15) is 14.4 Å². The summed E-state index contributed by atoms with van der Waals surface area (Å²) >= 11 is 0. The van der Waals surface area contributed by atoms with E-state index in [2.05, 4.69) is 21.3 Å². The Hall–Kier alpha value is -1.83. The first-order chi connectivity index (χ1) is 19.3. The molecule has 0 saturated heterocycles. The molecule has 42 heavy (non-hydrogen) atoms. The van der Waals surface area contributed by atoms with E-state index in [1.165, 1.54) is 0 Å². The molecule has 0 aromatic rings. The molecular formula is C30H61N5O7. The third-order valence-electron chi connectivity index (χ3n) is 6.62. The SMILES string of the molecule is CNCCCCC(NC(=O)COC(C)(C)CCOC(C)(C)CCOC)C(=O)NCC(=O)NC(C)(C)CCOC(C)(C)N. The van der Waals surface area contributed by atoms with E-state index in [4.69, 9.17) is 24.7 Å². The predicted octanol–water partition coefficient (Wildman–Crippen LogP) is 1.99. The number of nitrogens with one attached hydrogen (secondary N) is 4. The second kappa shape index (κ2) is 19.4. The first-order valence-electron chi connectivity index (χ1n) is 15.0. The Kier molecular flexibility index (Phi) is 18.6. The van der Waals surface area contributed by atoms with Gasteiger partial charge in [0.2, 0.25) is 17.7 Å². The maximum Gasteiger partial charge on any atom is 0.246 e. The van der Waals surface area contributed by atoms with E-state index in [1.54, 1.807) is 21.0 Å². The fourth-order valence-corrected chi connectivity index (χ4v) is 3.83. The lowest BCUT2D eigenvalue weighted by Crippen LogP contribution is -2.52. The monoisotopic (exact) mass is 603 g/mol. The lowest BCUT2D eigenvalue weighted by Gasteiger charge is -2.30. The quantitative estimate of drug-likeness (QED) is 0.0820. The van der Waals surface area contributed by atoms with Gasteiger partial charge >= 0.3 is 0 Å². The van der Waals surface area contributed by atoms with E-state index in [0.29, 0.717) is 39.1 Å². The van der Waals surface area contributed by atoms with E-state index in [0.717, 1.165) is 25.8 Å². The van der Waals surface area contributed by atoms with E-state index in [-0.39, 0.29) is 24.7 Å². The number of carbonyl (C=O) groups is 3. The Morgan fingerprint density at radius 3 is 1.98 bits per heavy atom. The molecule has 0 rings (SSSR count). The first-order valence-corrected chi connectivity index (χ1v) is 15.0. The van der Waals surface area contributed by atoms with Crippen molar-refractivity contribution in [3.8, 4) is 0 Å². The fraction of sp³-hybridized carbons (Fsp3) is 0.900. The van der Waals surface area contributed by atoms with Gasteiger partial charge in [-0.15, -0.1) is 0 Å². The minimum absolute atomic E-state index is 0.198. The predicted molar refractivity (Wildman–Crippen MR) is 165 cm³/mol. The summed E-state index contributed by atoms with van der Waals surface area (Å²) in [6.45, 7) is 17.0. The highest BCUT2D eigenvalue weighted by molar-refractivity contribution is 5.90. The van der Waals surface area contributed by atoms with Crippen LogP contribution in [0.4, 0.5) is 0 Å². The lowest BCUT2D eigenvalue weighted by atomic mass is 10.0. The van der Waals surface area contributed by atoms with Crippen molar-refractivity contribution >= 4 is 17.7 Å². The highest BCUT2D eigenvalue weighted by Crippen LogP contribution is 2.19. The van der Waals surface area contributed by atoms with Gasteiger partial charge in [0, 0.05) is 19.3 Å². The van der Waals surface area contributed by atoms with Crippen molar-refractivity contribution in [1.82, 2.24) is 21.3 Å². The maximum atomic E-state index is 13.0. The summed E-state index contributed by atoms with van der Waals surface area (Å²) in [5.41, 5.74) is 3.61. The van der Waals surface area contributed by atoms with Crippen molar-refractivity contribution in [1.29, 1.82) is 0 Å². The zero-order valence-corrected chi connectivity index (χ0v) is 28.0. The molecule has 248 valence electrons. The van der Waals surface area contributed by atoms with Crippen LogP contribution in [-0.2, 0) is 33.3 Å². The highest BCUT2D eigenvalue weighted by atomic mass is 16.5. The Labute approximate surface area is 254 Å². The van der Waals surface area contributed by atoms with Crippen LogP contribution in [-0.4, -0.2) is 99.9 Å². The summed E-state index contributed by atoms with van der Waals surface area (Å²) < 4.78 is 22.5. The van der Waals surface area contributed by atoms with Crippen LogP contribution in [0.5, 0.6) is 0 Å². The van der Waals surface area contributed by atoms with Gasteiger partial charge in [0.1, 0.15) is 18.4 Å². The highest BCUT2D eigenvalue weighted by Gasteiger charge is 2.27. The number of amides is 3. The molecule has 1 atom stereocenters. The molecular weight excluding hydrogens is 542 g/mol. The molecule has 0 fully saturated rings. The number of hydrogen-bond donors (Lipinski definition) is 5. The Morgan fingerprint density at radius 2 is 1.38 bits per heavy atom. The summed E-state index contributed by atoms with van der Waals surface area (Å²) in [4.78, 5) is 38.3. The van der Waals surface area contributed by atoms with E-state index >= 15 is 0 Å². The van der Waals surface area contributed by atoms with Crippen molar-refractivity contribution in [2.75, 3.05) is 53.7 Å². The lowest BCUT2D eigenvalue weighted by molar-refractivity contribution is -0.137. The van der Waals surface area contributed by atoms with Crippen LogP contribution in [0.2, 0.25) is 0 Å². The molecule has 3 amide bonds. The summed E-state index contributed by atoms with van der Waals surface area (Å²) in [5.74, 6) is -1.15. The van der Waals surface area contributed by atoms with Gasteiger partial charge in [0.05, 0.1) is 31.0 Å². The van der Waals surface area contributed by atoms with Crippen molar-refractivity contribution in [2.24, 2.45) is 5.73 Å². The van der Waals surface area contributed by atoms with Gasteiger partial charge in [0.15, 0.2) is 0 Å². The largest absolute Gasteiger partial charge is 0.385 e. The number of hydrogen-bond acceptors (Lipinski definition) is 9. The molecule has 0 aromatic carbocycles. The van der Waals surface area contributed by atoms with E-state index < -0.39 is 34.7 Å². The second-order valence-electron chi connectivity index (χ2n) is 13.2. The van der Waals surface area contributed by atoms with Crippen LogP contribution >= 0.6 is 0 Å². The number of carbonyl (C=O) groups excluding carboxylic acids is 3. The number of unbranched alkanes of at least 4 members (excludes halogenated alkanes) is 1. The van der Waals surface area contributed by atoms with Gasteiger partial charge in [-0.3, -0.25) is 14.4 Å². The minimum Gasteiger partial charge on any atom is -0.385 e. The normalized spacial score (nSPS) is 13.5. The smallest absolute Gasteiger partial charge is 0.246 e. The maximum absolute atomic E-state index is 13.0. The molecule has 0 spiro atoms. The van der Waals surface area contributed by atoms with Crippen LogP contribution in [0.15, 0.2) is 0 Å². The summed E-state index contributed by atoms with van der Waals surface area (Å²) in [6, 6.07) is -0.785. The number of methoxy groups -OCH3 is 1. The van der Waals surface area contributed by atoms with Crippen LogP contribution in [0.3, 0.4) is 0 Å². The van der Waals surface area contributed by atoms with Crippen molar-refractivity contribution in [3.05, 3.63) is 0 Å². The number of rotatable bonds is 24. The molecule has 0 aliphatic carbocycles. The molecule has 12 nitrogen and oxygen atoms in total. The van der Waals surface area contributed by atoms with Crippen molar-refractivity contribution < 1.29 is 33.3 Å². The molecule has 0 aromatic heterocycles. The van der Waals surface area contributed by atoms with Crippen molar-refractivity contribution in [2.45, 2.75) is 122 Å². The Morgan fingerprint density at radius 1 is 0.786 bits per heavy atom.